The SMILES string of the molecule is O=C(N[C@@H](CO)C(=O)O)c1nn[nH]n1. The Labute approximate surface area is 77.1 Å². The molecule has 0 spiro atoms. The van der Waals surface area contributed by atoms with E-state index in [1.165, 1.54) is 0 Å². The van der Waals surface area contributed by atoms with Crippen LogP contribution in [0.4, 0.5) is 0 Å². The van der Waals surface area contributed by atoms with Crippen LogP contribution in [0.3, 0.4) is 0 Å². The van der Waals surface area contributed by atoms with Crippen LogP contribution in [0, 0.1) is 0 Å². The lowest BCUT2D eigenvalue weighted by molar-refractivity contribution is -0.140. The number of carbonyl (C=O) groups excluding carboxylic acids is 1. The monoisotopic (exact) mass is 201 g/mol. The number of carboxylic acids is 1. The molecular formula is C5H7N5O4. The first-order valence-corrected chi connectivity index (χ1v) is 3.53. The molecule has 0 aliphatic rings. The maximum Gasteiger partial charge on any atom is 0.328 e. The normalized spacial score (nSPS) is 12.1. The number of hydrogen-bond donors (Lipinski definition) is 4. The number of aromatic amines is 1. The molecule has 1 heterocycles. The average Bonchev–Trinajstić information content (AvgIpc) is 2.65. The molecule has 76 valence electrons. The average molecular weight is 201 g/mol. The van der Waals surface area contributed by atoms with Crippen LogP contribution < -0.4 is 5.32 Å². The third-order valence-corrected chi connectivity index (χ3v) is 1.33. The maximum absolute atomic E-state index is 11.1. The number of aliphatic hydroxyl groups excluding tert-OH is 1. The van der Waals surface area contributed by atoms with Crippen molar-refractivity contribution in [3.8, 4) is 0 Å². The van der Waals surface area contributed by atoms with E-state index in [2.05, 4.69) is 15.4 Å². The number of aromatic nitrogens is 4. The maximum atomic E-state index is 11.1. The van der Waals surface area contributed by atoms with Gasteiger partial charge in [0, 0.05) is 0 Å². The van der Waals surface area contributed by atoms with Gasteiger partial charge in [0.15, 0.2) is 6.04 Å². The quantitative estimate of drug-likeness (QED) is 0.417. The van der Waals surface area contributed by atoms with Gasteiger partial charge in [-0.25, -0.2) is 4.79 Å². The van der Waals surface area contributed by atoms with Gasteiger partial charge in [-0.2, -0.15) is 5.21 Å². The van der Waals surface area contributed by atoms with Gasteiger partial charge in [0.2, 0.25) is 0 Å². The van der Waals surface area contributed by atoms with Crippen molar-refractivity contribution < 1.29 is 19.8 Å². The molecule has 0 bridgehead atoms. The van der Waals surface area contributed by atoms with Gasteiger partial charge in [0.25, 0.3) is 11.7 Å². The van der Waals surface area contributed by atoms with Crippen LogP contribution in [0.15, 0.2) is 0 Å². The number of hydrogen-bond acceptors (Lipinski definition) is 6. The molecule has 0 saturated carbocycles. The molecule has 1 amide bonds. The zero-order valence-corrected chi connectivity index (χ0v) is 6.84. The summed E-state index contributed by atoms with van der Waals surface area (Å²) in [5, 5.41) is 30.9. The third-order valence-electron chi connectivity index (χ3n) is 1.33. The van der Waals surface area contributed by atoms with Gasteiger partial charge < -0.3 is 15.5 Å². The number of aliphatic hydroxyl groups is 1. The second-order valence-electron chi connectivity index (χ2n) is 2.28. The summed E-state index contributed by atoms with van der Waals surface area (Å²) >= 11 is 0. The molecule has 1 aromatic rings. The van der Waals surface area contributed by atoms with E-state index in [-0.39, 0.29) is 5.82 Å². The van der Waals surface area contributed by atoms with E-state index in [0.29, 0.717) is 0 Å². The number of tetrazole rings is 1. The van der Waals surface area contributed by atoms with Crippen molar-refractivity contribution in [3.05, 3.63) is 5.82 Å². The zero-order chi connectivity index (χ0) is 10.6. The van der Waals surface area contributed by atoms with Gasteiger partial charge >= 0.3 is 5.97 Å². The molecular weight excluding hydrogens is 194 g/mol. The first kappa shape index (κ1) is 10.1. The zero-order valence-electron chi connectivity index (χ0n) is 6.84. The Morgan fingerprint density at radius 3 is 2.71 bits per heavy atom. The van der Waals surface area contributed by atoms with E-state index in [9.17, 15) is 9.59 Å². The van der Waals surface area contributed by atoms with Crippen molar-refractivity contribution in [1.29, 1.82) is 0 Å². The minimum atomic E-state index is -1.37. The highest BCUT2D eigenvalue weighted by molar-refractivity contribution is 5.93. The van der Waals surface area contributed by atoms with Crippen LogP contribution in [0.5, 0.6) is 0 Å². The van der Waals surface area contributed by atoms with Gasteiger partial charge in [-0.05, 0) is 5.21 Å². The molecule has 9 nitrogen and oxygen atoms in total. The molecule has 14 heavy (non-hydrogen) atoms. The first-order valence-electron chi connectivity index (χ1n) is 3.53. The number of rotatable bonds is 4. The van der Waals surface area contributed by atoms with Crippen molar-refractivity contribution >= 4 is 11.9 Å². The number of carboxylic acid groups (broad SMARTS) is 1. The van der Waals surface area contributed by atoms with Gasteiger partial charge in [-0.3, -0.25) is 4.79 Å². The first-order chi connectivity index (χ1) is 6.65. The van der Waals surface area contributed by atoms with Crippen molar-refractivity contribution in [2.45, 2.75) is 6.04 Å². The Morgan fingerprint density at radius 1 is 1.57 bits per heavy atom. The van der Waals surface area contributed by atoms with Crippen LogP contribution in [0.1, 0.15) is 10.6 Å². The predicted molar refractivity (Wildman–Crippen MR) is 40.2 cm³/mol. The van der Waals surface area contributed by atoms with Crippen molar-refractivity contribution in [2.24, 2.45) is 0 Å². The van der Waals surface area contributed by atoms with Crippen LogP contribution >= 0.6 is 0 Å². The molecule has 0 radical (unpaired) electrons. The number of amides is 1. The summed E-state index contributed by atoms with van der Waals surface area (Å²) in [6.07, 6.45) is 0. The Kier molecular flexibility index (Phi) is 3.07. The van der Waals surface area contributed by atoms with E-state index in [0.717, 1.165) is 0 Å². The van der Waals surface area contributed by atoms with Crippen LogP contribution in [-0.4, -0.2) is 55.4 Å². The highest BCUT2D eigenvalue weighted by Gasteiger charge is 2.21. The highest BCUT2D eigenvalue weighted by atomic mass is 16.4. The summed E-state index contributed by atoms with van der Waals surface area (Å²) in [4.78, 5) is 21.5. The molecule has 9 heteroatoms. The highest BCUT2D eigenvalue weighted by Crippen LogP contribution is 1.87. The number of nitrogens with zero attached hydrogens (tertiary/aromatic N) is 3. The Balaban J connectivity index is 2.60. The molecule has 0 unspecified atom stereocenters. The molecule has 4 N–H and O–H groups in total. The van der Waals surface area contributed by atoms with Gasteiger partial charge in [0.05, 0.1) is 6.61 Å². The van der Waals surface area contributed by atoms with E-state index in [4.69, 9.17) is 10.2 Å². The molecule has 0 aliphatic heterocycles. The summed E-state index contributed by atoms with van der Waals surface area (Å²) in [6, 6.07) is -1.37. The lowest BCUT2D eigenvalue weighted by Gasteiger charge is -2.08. The fourth-order valence-electron chi connectivity index (χ4n) is 0.666. The summed E-state index contributed by atoms with van der Waals surface area (Å²) in [5.41, 5.74) is 0. The molecule has 0 aliphatic carbocycles. The molecule has 0 saturated heterocycles. The second kappa shape index (κ2) is 4.28. The van der Waals surface area contributed by atoms with Crippen LogP contribution in [-0.2, 0) is 4.79 Å². The predicted octanol–water partition coefficient (Wildman–Crippen LogP) is -2.62. The minimum Gasteiger partial charge on any atom is -0.480 e. The van der Waals surface area contributed by atoms with Crippen LogP contribution in [0.25, 0.3) is 0 Å². The summed E-state index contributed by atoms with van der Waals surface area (Å²) in [5.74, 6) is -2.45. The van der Waals surface area contributed by atoms with Crippen molar-refractivity contribution in [2.75, 3.05) is 6.61 Å². The third kappa shape index (κ3) is 2.23. The smallest absolute Gasteiger partial charge is 0.328 e. The molecule has 1 atom stereocenters. The fourth-order valence-corrected chi connectivity index (χ4v) is 0.666. The Morgan fingerprint density at radius 2 is 2.29 bits per heavy atom. The molecule has 1 rings (SSSR count). The number of H-pyrrole nitrogens is 1. The summed E-state index contributed by atoms with van der Waals surface area (Å²) < 4.78 is 0. The number of aliphatic carboxylic acids is 1. The van der Waals surface area contributed by atoms with Crippen molar-refractivity contribution in [1.82, 2.24) is 25.9 Å². The van der Waals surface area contributed by atoms with Gasteiger partial charge in [-0.1, -0.05) is 0 Å². The minimum absolute atomic E-state index is 0.287. The second-order valence-corrected chi connectivity index (χ2v) is 2.28. The summed E-state index contributed by atoms with van der Waals surface area (Å²) in [6.45, 7) is -0.709. The lowest BCUT2D eigenvalue weighted by Crippen LogP contribution is -2.43. The number of nitrogens with one attached hydrogen (secondary N) is 2. The topological polar surface area (TPSA) is 141 Å². The van der Waals surface area contributed by atoms with Gasteiger partial charge in [-0.15, -0.1) is 10.2 Å². The Hall–Kier alpha value is -2.03. The largest absolute Gasteiger partial charge is 0.480 e. The standard InChI is InChI=1S/C5H7N5O4/c11-1-2(5(13)14)6-4(12)3-7-9-10-8-3/h2,11H,1H2,(H,6,12)(H,13,14)(H,7,8,9,10)/t2-/m0/s1. The van der Waals surface area contributed by atoms with E-state index < -0.39 is 24.5 Å². The number of carbonyl (C=O) groups is 2. The van der Waals surface area contributed by atoms with E-state index in [1.54, 1.807) is 0 Å². The fraction of sp³-hybridized carbons (Fsp3) is 0.400. The molecule has 0 fully saturated rings. The van der Waals surface area contributed by atoms with Gasteiger partial charge in [0.1, 0.15) is 0 Å². The van der Waals surface area contributed by atoms with E-state index >= 15 is 0 Å². The Bertz CT molecular complexity index is 323. The van der Waals surface area contributed by atoms with E-state index in [1.807, 2.05) is 10.5 Å². The van der Waals surface area contributed by atoms with Crippen LogP contribution in [0.2, 0.25) is 0 Å². The lowest BCUT2D eigenvalue weighted by atomic mass is 10.3. The molecule has 1 aromatic heterocycles. The summed E-state index contributed by atoms with van der Waals surface area (Å²) in [7, 11) is 0. The van der Waals surface area contributed by atoms with Crippen molar-refractivity contribution in [3.63, 3.8) is 0 Å². The molecule has 0 aromatic carbocycles.